The zero-order chi connectivity index (χ0) is 40.1. The predicted molar refractivity (Wildman–Crippen MR) is 219 cm³/mol. The molecular formula is C46H54N6O5. The molecule has 4 heterocycles. The quantitative estimate of drug-likeness (QED) is 0.161. The van der Waals surface area contributed by atoms with E-state index >= 15 is 0 Å². The summed E-state index contributed by atoms with van der Waals surface area (Å²) in [5, 5.41) is 0. The molecule has 0 bridgehead atoms. The molecule has 2 unspecified atom stereocenters. The lowest BCUT2D eigenvalue weighted by Crippen LogP contribution is -2.36. The average Bonchev–Trinajstić information content (AvgIpc) is 3.80. The largest absolute Gasteiger partial charge is 0.497 e. The third-order valence-corrected chi connectivity index (χ3v) is 11.3. The van der Waals surface area contributed by atoms with Crippen LogP contribution < -0.4 is 4.74 Å². The van der Waals surface area contributed by atoms with Gasteiger partial charge in [0, 0.05) is 13.1 Å². The number of carbonyl (C=O) groups excluding carboxylic acids is 2. The van der Waals surface area contributed by atoms with Crippen molar-refractivity contribution in [2.75, 3.05) is 20.2 Å². The Bertz CT molecular complexity index is 2060. The van der Waals surface area contributed by atoms with E-state index in [1.165, 1.54) is 16.7 Å². The maximum Gasteiger partial charge on any atom is 0.410 e. The summed E-state index contributed by atoms with van der Waals surface area (Å²) in [5.41, 5.74) is 6.70. The van der Waals surface area contributed by atoms with Gasteiger partial charge in [0.1, 0.15) is 28.6 Å². The Morgan fingerprint density at radius 2 is 0.965 bits per heavy atom. The summed E-state index contributed by atoms with van der Waals surface area (Å²) in [7, 11) is 1.70. The molecule has 11 heteroatoms. The van der Waals surface area contributed by atoms with Crippen LogP contribution in [0.2, 0.25) is 0 Å². The summed E-state index contributed by atoms with van der Waals surface area (Å²) in [6, 6.07) is 25.8. The van der Waals surface area contributed by atoms with E-state index in [1.54, 1.807) is 16.9 Å². The van der Waals surface area contributed by atoms with Crippen molar-refractivity contribution in [3.05, 3.63) is 114 Å². The third kappa shape index (κ3) is 8.15. The second kappa shape index (κ2) is 15.1. The molecule has 2 amide bonds. The van der Waals surface area contributed by atoms with Crippen molar-refractivity contribution < 1.29 is 23.8 Å². The predicted octanol–water partition coefficient (Wildman–Crippen LogP) is 10.3. The number of amides is 2. The van der Waals surface area contributed by atoms with E-state index in [4.69, 9.17) is 24.2 Å². The molecule has 1 aliphatic carbocycles. The number of hydrogen-bond acceptors (Lipinski definition) is 7. The molecule has 2 aromatic heterocycles. The first-order valence-corrected chi connectivity index (χ1v) is 20.2. The molecule has 57 heavy (non-hydrogen) atoms. The number of aromatic amines is 2. The van der Waals surface area contributed by atoms with Crippen LogP contribution in [-0.2, 0) is 9.47 Å². The van der Waals surface area contributed by atoms with E-state index < -0.39 is 11.2 Å². The minimum atomic E-state index is -0.550. The number of hydrogen-bond donors (Lipinski definition) is 2. The molecule has 1 saturated carbocycles. The van der Waals surface area contributed by atoms with Gasteiger partial charge in [-0.2, -0.15) is 0 Å². The number of carbonyl (C=O) groups is 2. The van der Waals surface area contributed by atoms with Gasteiger partial charge in [-0.15, -0.1) is 0 Å². The van der Waals surface area contributed by atoms with Gasteiger partial charge in [-0.25, -0.2) is 19.6 Å². The van der Waals surface area contributed by atoms with E-state index in [0.29, 0.717) is 30.8 Å². The Morgan fingerprint density at radius 3 is 1.32 bits per heavy atom. The minimum absolute atomic E-state index is 0.131. The first kappa shape index (κ1) is 38.3. The van der Waals surface area contributed by atoms with Gasteiger partial charge >= 0.3 is 12.2 Å². The van der Waals surface area contributed by atoms with E-state index in [2.05, 4.69) is 70.6 Å². The second-order valence-corrected chi connectivity index (χ2v) is 17.6. The number of ether oxygens (including phenoxy) is 3. The van der Waals surface area contributed by atoms with Crippen LogP contribution in [0.5, 0.6) is 5.75 Å². The van der Waals surface area contributed by atoms with Crippen molar-refractivity contribution in [3.63, 3.8) is 0 Å². The van der Waals surface area contributed by atoms with Crippen LogP contribution in [0.25, 0.3) is 22.5 Å². The summed E-state index contributed by atoms with van der Waals surface area (Å²) in [6.07, 6.45) is 6.66. The topological polar surface area (TPSA) is 126 Å². The number of methoxy groups -OCH3 is 1. The highest BCUT2D eigenvalue weighted by molar-refractivity contribution is 5.70. The molecule has 0 spiro atoms. The van der Waals surface area contributed by atoms with Gasteiger partial charge in [-0.05, 0) is 125 Å². The SMILES string of the molecule is COc1ccc(C2C(c3ccc(-c4cnc([C@@H]5CCCN5C(=O)OC(C)(C)C)[nH]4)cc3)C2c2ccc(-c3cnc([C@@H]4CCCN4C(=O)OC(C)(C)C)[nH]3)cc2)cc1. The fraction of sp³-hybridized carbons (Fsp3) is 0.435. The fourth-order valence-corrected chi connectivity index (χ4v) is 8.64. The molecular weight excluding hydrogens is 717 g/mol. The lowest BCUT2D eigenvalue weighted by molar-refractivity contribution is 0.0208. The highest BCUT2D eigenvalue weighted by Gasteiger charge is 2.52. The number of likely N-dealkylation sites (tertiary alicyclic amines) is 2. The van der Waals surface area contributed by atoms with Crippen LogP contribution in [0.1, 0.15) is 125 Å². The van der Waals surface area contributed by atoms with Gasteiger partial charge in [-0.1, -0.05) is 60.7 Å². The molecule has 2 aliphatic heterocycles. The third-order valence-electron chi connectivity index (χ3n) is 11.3. The molecule has 11 nitrogen and oxygen atoms in total. The smallest absolute Gasteiger partial charge is 0.410 e. The van der Waals surface area contributed by atoms with Gasteiger partial charge in [0.2, 0.25) is 0 Å². The Balaban J connectivity index is 0.996. The van der Waals surface area contributed by atoms with Crippen LogP contribution in [0.4, 0.5) is 9.59 Å². The zero-order valence-corrected chi connectivity index (χ0v) is 34.0. The highest BCUT2D eigenvalue weighted by atomic mass is 16.6. The molecule has 4 atom stereocenters. The van der Waals surface area contributed by atoms with Gasteiger partial charge < -0.3 is 24.2 Å². The minimum Gasteiger partial charge on any atom is -0.497 e. The second-order valence-electron chi connectivity index (χ2n) is 17.6. The molecule has 2 saturated heterocycles. The van der Waals surface area contributed by atoms with E-state index in [1.807, 2.05) is 66.1 Å². The Kier molecular flexibility index (Phi) is 10.1. The summed E-state index contributed by atoms with van der Waals surface area (Å²) in [6.45, 7) is 12.7. The van der Waals surface area contributed by atoms with Gasteiger partial charge in [-0.3, -0.25) is 9.80 Å². The average molecular weight is 771 g/mol. The number of rotatable bonds is 8. The molecule has 298 valence electrons. The fourth-order valence-electron chi connectivity index (χ4n) is 8.64. The Morgan fingerprint density at radius 1 is 0.596 bits per heavy atom. The summed E-state index contributed by atoms with van der Waals surface area (Å²) in [4.78, 5) is 45.9. The molecule has 3 aliphatic rings. The summed E-state index contributed by atoms with van der Waals surface area (Å²) < 4.78 is 16.8. The summed E-state index contributed by atoms with van der Waals surface area (Å²) in [5.74, 6) is 3.34. The monoisotopic (exact) mass is 770 g/mol. The lowest BCUT2D eigenvalue weighted by atomic mass is 10.0. The molecule has 3 aromatic carbocycles. The molecule has 5 aromatic rings. The number of nitrogens with zero attached hydrogens (tertiary/aromatic N) is 4. The first-order chi connectivity index (χ1) is 27.3. The molecule has 0 radical (unpaired) electrons. The highest BCUT2D eigenvalue weighted by Crippen LogP contribution is 2.66. The first-order valence-electron chi connectivity index (χ1n) is 20.2. The number of H-pyrrole nitrogens is 2. The number of imidazole rings is 2. The van der Waals surface area contributed by atoms with Crippen molar-refractivity contribution in [2.24, 2.45) is 0 Å². The van der Waals surface area contributed by atoms with Crippen molar-refractivity contribution >= 4 is 12.2 Å². The van der Waals surface area contributed by atoms with Crippen LogP contribution in [0.3, 0.4) is 0 Å². The maximum absolute atomic E-state index is 12.9. The Hall–Kier alpha value is -5.58. The molecule has 8 rings (SSSR count). The Labute approximate surface area is 335 Å². The summed E-state index contributed by atoms with van der Waals surface area (Å²) >= 11 is 0. The van der Waals surface area contributed by atoms with Crippen LogP contribution >= 0.6 is 0 Å². The number of aromatic nitrogens is 4. The molecule has 3 fully saturated rings. The number of nitrogens with one attached hydrogen (secondary N) is 2. The van der Waals surface area contributed by atoms with Crippen molar-refractivity contribution in [2.45, 2.75) is 108 Å². The maximum atomic E-state index is 12.9. The van der Waals surface area contributed by atoms with Crippen LogP contribution in [0.15, 0.2) is 85.2 Å². The zero-order valence-electron chi connectivity index (χ0n) is 34.0. The van der Waals surface area contributed by atoms with E-state index in [9.17, 15) is 9.59 Å². The van der Waals surface area contributed by atoms with Crippen molar-refractivity contribution in [1.29, 1.82) is 0 Å². The normalized spacial score (nSPS) is 22.1. The van der Waals surface area contributed by atoms with Crippen LogP contribution in [-0.4, -0.2) is 73.3 Å². The van der Waals surface area contributed by atoms with E-state index in [-0.39, 0.29) is 24.3 Å². The lowest BCUT2D eigenvalue weighted by Gasteiger charge is -2.27. The van der Waals surface area contributed by atoms with Crippen LogP contribution in [0, 0.1) is 0 Å². The number of benzene rings is 3. The van der Waals surface area contributed by atoms with Gasteiger partial charge in [0.25, 0.3) is 0 Å². The van der Waals surface area contributed by atoms with Gasteiger partial charge in [0.15, 0.2) is 0 Å². The standard InChI is InChI=1S/C46H54N6O5/c1-45(2,3)56-43(53)51-24-8-10-36(51)41-47-26-34(49-41)28-12-16-30(17-13-28)38-39(40(38)32-20-22-33(55-7)23-21-32)31-18-14-29(15-19-31)35-27-48-42(50-35)37-11-9-25-52(37)44(54)57-46(4,5)6/h12-23,26-27,36-40H,8-11,24-25H2,1-7H3,(H,47,49)(H,48,50)/t36-,37-,38?,39?,40?/m0/s1. The van der Waals surface area contributed by atoms with Gasteiger partial charge in [0.05, 0.1) is 43.0 Å². The van der Waals surface area contributed by atoms with Crippen molar-refractivity contribution in [3.8, 4) is 28.3 Å². The molecule has 2 N–H and O–H groups in total. The van der Waals surface area contributed by atoms with E-state index in [0.717, 1.165) is 65.6 Å². The van der Waals surface area contributed by atoms with Crippen molar-refractivity contribution in [1.82, 2.24) is 29.7 Å².